The van der Waals surface area contributed by atoms with E-state index in [1.807, 2.05) is 18.4 Å². The van der Waals surface area contributed by atoms with E-state index in [0.29, 0.717) is 0 Å². The van der Waals surface area contributed by atoms with Gasteiger partial charge in [0.2, 0.25) is 0 Å². The number of rotatable bonds is 0. The molecule has 1 saturated heterocycles. The Bertz CT molecular complexity index is 227. The maximum Gasteiger partial charge on any atom is 0.139 e. The normalized spacial score (nSPS) is 27.8. The van der Waals surface area contributed by atoms with Crippen LogP contribution in [0.2, 0.25) is 0 Å². The van der Waals surface area contributed by atoms with Gasteiger partial charge in [-0.15, -0.1) is 0 Å². The summed E-state index contributed by atoms with van der Waals surface area (Å²) in [5.74, 6) is 0.854. The van der Waals surface area contributed by atoms with E-state index < -0.39 is 0 Å². The highest BCUT2D eigenvalue weighted by atomic mass is 15.3. The molecule has 0 radical (unpaired) electrons. The van der Waals surface area contributed by atoms with Crippen LogP contribution in [0.1, 0.15) is 0 Å². The van der Waals surface area contributed by atoms with Crippen molar-refractivity contribution in [1.29, 1.82) is 0 Å². The molecule has 0 aliphatic carbocycles. The van der Waals surface area contributed by atoms with Crippen LogP contribution in [0, 0.1) is 0 Å². The molecule has 52 valence electrons. The summed E-state index contributed by atoms with van der Waals surface area (Å²) in [7, 11) is 0. The quantitative estimate of drug-likeness (QED) is 0.437. The highest BCUT2D eigenvalue weighted by Crippen LogP contribution is 2.09. The number of nitrogens with one attached hydrogen (secondary N) is 3. The number of dihydropyridines is 1. The Balaban J connectivity index is 2.26. The van der Waals surface area contributed by atoms with Crippen molar-refractivity contribution >= 4 is 0 Å². The van der Waals surface area contributed by atoms with Crippen LogP contribution in [-0.2, 0) is 0 Å². The van der Waals surface area contributed by atoms with Gasteiger partial charge in [0.1, 0.15) is 6.17 Å². The molecule has 3 N–H and O–H groups in total. The second-order valence-electron chi connectivity index (χ2n) is 2.33. The Hall–Kier alpha value is -1.38. The maximum absolute atomic E-state index is 3.75. The van der Waals surface area contributed by atoms with Gasteiger partial charge in [0.05, 0.1) is 11.5 Å². The van der Waals surface area contributed by atoms with Crippen LogP contribution >= 0.6 is 0 Å². The summed E-state index contributed by atoms with van der Waals surface area (Å²) in [6.07, 6.45) is 6.09. The number of allylic oxidation sites excluding steroid dienone is 2. The van der Waals surface area contributed by atoms with Crippen molar-refractivity contribution in [3.63, 3.8) is 0 Å². The molecular formula is C7H9N3. The van der Waals surface area contributed by atoms with Gasteiger partial charge in [-0.3, -0.25) is 0 Å². The Labute approximate surface area is 59.5 Å². The molecule has 3 nitrogen and oxygen atoms in total. The average molecular weight is 135 g/mol. The number of fused-ring (bicyclic) bond motifs is 1. The minimum atomic E-state index is 0.206. The zero-order chi connectivity index (χ0) is 6.97. The molecule has 0 amide bonds. The number of hydrogen-bond donors (Lipinski definition) is 3. The van der Waals surface area contributed by atoms with E-state index in [1.54, 1.807) is 0 Å². The molecule has 0 aromatic rings. The summed E-state index contributed by atoms with van der Waals surface area (Å²) in [4.78, 5) is 0. The first-order chi connectivity index (χ1) is 4.86. The van der Waals surface area contributed by atoms with Crippen molar-refractivity contribution in [3.8, 4) is 0 Å². The topological polar surface area (TPSA) is 36.1 Å². The van der Waals surface area contributed by atoms with E-state index in [0.717, 1.165) is 11.5 Å². The van der Waals surface area contributed by atoms with E-state index in [4.69, 9.17) is 0 Å². The highest BCUT2D eigenvalue weighted by molar-refractivity contribution is 5.29. The van der Waals surface area contributed by atoms with Gasteiger partial charge < -0.3 is 16.0 Å². The molecule has 0 saturated carbocycles. The minimum absolute atomic E-state index is 0.206. The van der Waals surface area contributed by atoms with Gasteiger partial charge in [-0.25, -0.2) is 0 Å². The molecule has 0 spiro atoms. The van der Waals surface area contributed by atoms with Crippen molar-refractivity contribution in [1.82, 2.24) is 16.0 Å². The summed E-state index contributed by atoms with van der Waals surface area (Å²) < 4.78 is 0. The smallest absolute Gasteiger partial charge is 0.139 e. The maximum atomic E-state index is 3.75. The van der Waals surface area contributed by atoms with Crippen LogP contribution in [0.3, 0.4) is 0 Å². The average Bonchev–Trinajstić information content (AvgIpc) is 2.27. The van der Waals surface area contributed by atoms with Crippen molar-refractivity contribution in [3.05, 3.63) is 36.4 Å². The van der Waals surface area contributed by atoms with E-state index in [2.05, 4.69) is 22.5 Å². The summed E-state index contributed by atoms with van der Waals surface area (Å²) in [6, 6.07) is 0. The van der Waals surface area contributed by atoms with Crippen molar-refractivity contribution in [2.45, 2.75) is 6.17 Å². The lowest BCUT2D eigenvalue weighted by atomic mass is 10.3. The van der Waals surface area contributed by atoms with Crippen molar-refractivity contribution in [2.75, 3.05) is 0 Å². The Kier molecular flexibility index (Phi) is 0.974. The van der Waals surface area contributed by atoms with E-state index in [9.17, 15) is 0 Å². The summed E-state index contributed by atoms with van der Waals surface area (Å²) >= 11 is 0. The third-order valence-corrected chi connectivity index (χ3v) is 1.56. The fourth-order valence-corrected chi connectivity index (χ4v) is 1.11. The molecule has 3 heteroatoms. The van der Waals surface area contributed by atoms with Crippen LogP contribution in [0.4, 0.5) is 0 Å². The Morgan fingerprint density at radius 1 is 1.50 bits per heavy atom. The zero-order valence-electron chi connectivity index (χ0n) is 5.52. The van der Waals surface area contributed by atoms with Crippen molar-refractivity contribution < 1.29 is 0 Å². The monoisotopic (exact) mass is 135 g/mol. The SMILES string of the molecule is C=C1NC2=CC=CNC2N1. The summed E-state index contributed by atoms with van der Waals surface area (Å²) in [6.45, 7) is 3.75. The predicted molar refractivity (Wildman–Crippen MR) is 39.6 cm³/mol. The van der Waals surface area contributed by atoms with Gasteiger partial charge in [0.15, 0.2) is 0 Å². The first kappa shape index (κ1) is 5.41. The zero-order valence-corrected chi connectivity index (χ0v) is 5.52. The fraction of sp³-hybridized carbons (Fsp3) is 0.143. The van der Waals surface area contributed by atoms with Crippen LogP contribution in [0.15, 0.2) is 36.4 Å². The molecule has 2 rings (SSSR count). The molecule has 0 aromatic heterocycles. The van der Waals surface area contributed by atoms with Gasteiger partial charge in [-0.05, 0) is 18.4 Å². The van der Waals surface area contributed by atoms with Gasteiger partial charge in [0, 0.05) is 0 Å². The molecule has 2 aliphatic heterocycles. The third-order valence-electron chi connectivity index (χ3n) is 1.56. The molecule has 1 unspecified atom stereocenters. The lowest BCUT2D eigenvalue weighted by Gasteiger charge is -2.13. The molecular weight excluding hydrogens is 126 g/mol. The lowest BCUT2D eigenvalue weighted by molar-refractivity contribution is 0.631. The number of hydrogen-bond acceptors (Lipinski definition) is 3. The molecule has 2 heterocycles. The third kappa shape index (κ3) is 0.673. The molecule has 1 atom stereocenters. The summed E-state index contributed by atoms with van der Waals surface area (Å²) in [5.41, 5.74) is 1.13. The van der Waals surface area contributed by atoms with E-state index >= 15 is 0 Å². The molecule has 2 aliphatic rings. The highest BCUT2D eigenvalue weighted by Gasteiger charge is 2.21. The van der Waals surface area contributed by atoms with Crippen LogP contribution in [0.5, 0.6) is 0 Å². The lowest BCUT2D eigenvalue weighted by Crippen LogP contribution is -2.35. The van der Waals surface area contributed by atoms with Gasteiger partial charge >= 0.3 is 0 Å². The van der Waals surface area contributed by atoms with Gasteiger partial charge in [-0.1, -0.05) is 6.58 Å². The first-order valence-electron chi connectivity index (χ1n) is 3.21. The predicted octanol–water partition coefficient (Wildman–Crippen LogP) is -0.0227. The summed E-state index contributed by atoms with van der Waals surface area (Å²) in [5, 5.41) is 9.35. The van der Waals surface area contributed by atoms with Crippen LogP contribution in [-0.4, -0.2) is 6.17 Å². The first-order valence-corrected chi connectivity index (χ1v) is 3.21. The van der Waals surface area contributed by atoms with Gasteiger partial charge in [-0.2, -0.15) is 0 Å². The minimum Gasteiger partial charge on any atom is -0.366 e. The van der Waals surface area contributed by atoms with Crippen molar-refractivity contribution in [2.24, 2.45) is 0 Å². The molecule has 0 aromatic carbocycles. The van der Waals surface area contributed by atoms with Crippen LogP contribution in [0.25, 0.3) is 0 Å². The standard InChI is InChI=1S/C7H9N3/c1-5-9-6-3-2-4-8-7(6)10-5/h2-4,7-10H,1H2. The van der Waals surface area contributed by atoms with E-state index in [1.165, 1.54) is 0 Å². The second-order valence-corrected chi connectivity index (χ2v) is 2.33. The fourth-order valence-electron chi connectivity index (χ4n) is 1.11. The Morgan fingerprint density at radius 2 is 2.40 bits per heavy atom. The van der Waals surface area contributed by atoms with Crippen LogP contribution < -0.4 is 16.0 Å². The largest absolute Gasteiger partial charge is 0.366 e. The van der Waals surface area contributed by atoms with E-state index in [-0.39, 0.29) is 6.17 Å². The molecule has 0 bridgehead atoms. The second kappa shape index (κ2) is 1.80. The van der Waals surface area contributed by atoms with Gasteiger partial charge in [0.25, 0.3) is 0 Å². The molecule has 1 fully saturated rings. The Morgan fingerprint density at radius 3 is 3.20 bits per heavy atom. The molecule has 10 heavy (non-hydrogen) atoms.